The normalized spacial score (nSPS) is 11.3. The van der Waals surface area contributed by atoms with E-state index in [1.54, 1.807) is 6.33 Å². The van der Waals surface area contributed by atoms with Crippen molar-refractivity contribution in [2.45, 2.75) is 0 Å². The molecule has 0 spiro atoms. The molecule has 0 aliphatic rings. The van der Waals surface area contributed by atoms with Crippen LogP contribution in [0.2, 0.25) is 0 Å². The molecule has 4 heteroatoms. The summed E-state index contributed by atoms with van der Waals surface area (Å²) in [5.74, 6) is 0.490. The highest BCUT2D eigenvalue weighted by molar-refractivity contribution is 6.06. The number of hydrogen-bond acceptors (Lipinski definition) is 3. The van der Waals surface area contributed by atoms with Crippen LogP contribution in [0.5, 0.6) is 0 Å². The molecular weight excluding hydrogens is 188 g/mol. The molecule has 4 nitrogen and oxygen atoms in total. The molecule has 0 atom stereocenters. The standard InChI is InChI=1S/C11H10N4/c1-15-6-13-9-10(15)7-4-2-3-5-8(7)14-11(9)12/h2-6H,1H3,(H2,12,14). The Hall–Kier alpha value is -2.10. The molecule has 0 saturated carbocycles. The fourth-order valence-electron chi connectivity index (χ4n) is 1.89. The maximum atomic E-state index is 5.85. The van der Waals surface area contributed by atoms with Gasteiger partial charge >= 0.3 is 0 Å². The minimum atomic E-state index is 0.490. The average Bonchev–Trinajstić information content (AvgIpc) is 2.62. The van der Waals surface area contributed by atoms with Crippen LogP contribution in [-0.4, -0.2) is 14.5 Å². The Morgan fingerprint density at radius 3 is 2.93 bits per heavy atom. The molecule has 2 heterocycles. The van der Waals surface area contributed by atoms with Crippen molar-refractivity contribution in [1.82, 2.24) is 14.5 Å². The lowest BCUT2D eigenvalue weighted by Gasteiger charge is -2.02. The van der Waals surface area contributed by atoms with Crippen LogP contribution in [0.25, 0.3) is 21.9 Å². The van der Waals surface area contributed by atoms with Crippen LogP contribution in [0.1, 0.15) is 0 Å². The Morgan fingerprint density at radius 2 is 2.07 bits per heavy atom. The first-order chi connectivity index (χ1) is 7.27. The third kappa shape index (κ3) is 1.01. The Bertz CT molecular complexity index is 654. The molecule has 0 amide bonds. The lowest BCUT2D eigenvalue weighted by Crippen LogP contribution is -1.94. The van der Waals surface area contributed by atoms with Crippen molar-refractivity contribution in [2.24, 2.45) is 7.05 Å². The molecule has 0 radical (unpaired) electrons. The summed E-state index contributed by atoms with van der Waals surface area (Å²) >= 11 is 0. The number of rotatable bonds is 0. The number of fused-ring (bicyclic) bond motifs is 3. The van der Waals surface area contributed by atoms with Crippen molar-refractivity contribution >= 4 is 27.8 Å². The van der Waals surface area contributed by atoms with Gasteiger partial charge in [0.05, 0.1) is 17.4 Å². The number of nitrogens with two attached hydrogens (primary N) is 1. The van der Waals surface area contributed by atoms with Crippen molar-refractivity contribution < 1.29 is 0 Å². The van der Waals surface area contributed by atoms with Crippen LogP contribution < -0.4 is 5.73 Å². The number of aryl methyl sites for hydroxylation is 1. The summed E-state index contributed by atoms with van der Waals surface area (Å²) in [7, 11) is 1.96. The van der Waals surface area contributed by atoms with Crippen LogP contribution in [-0.2, 0) is 7.05 Å². The van der Waals surface area contributed by atoms with Gasteiger partial charge in [0, 0.05) is 12.4 Å². The zero-order valence-electron chi connectivity index (χ0n) is 8.31. The van der Waals surface area contributed by atoms with E-state index in [0.29, 0.717) is 5.82 Å². The van der Waals surface area contributed by atoms with Crippen molar-refractivity contribution in [3.05, 3.63) is 30.6 Å². The summed E-state index contributed by atoms with van der Waals surface area (Å²) in [6.07, 6.45) is 1.76. The van der Waals surface area contributed by atoms with E-state index in [2.05, 4.69) is 9.97 Å². The molecule has 0 fully saturated rings. The van der Waals surface area contributed by atoms with Crippen LogP contribution in [0, 0.1) is 0 Å². The molecule has 0 saturated heterocycles. The van der Waals surface area contributed by atoms with Crippen molar-refractivity contribution in [3.63, 3.8) is 0 Å². The average molecular weight is 198 g/mol. The van der Waals surface area contributed by atoms with Crippen LogP contribution >= 0.6 is 0 Å². The Labute approximate surface area is 86.4 Å². The molecule has 3 rings (SSSR count). The van der Waals surface area contributed by atoms with Crippen molar-refractivity contribution in [1.29, 1.82) is 0 Å². The highest BCUT2D eigenvalue weighted by atomic mass is 15.0. The lowest BCUT2D eigenvalue weighted by molar-refractivity contribution is 0.951. The number of pyridine rings is 1. The van der Waals surface area contributed by atoms with Gasteiger partial charge in [0.25, 0.3) is 0 Å². The maximum Gasteiger partial charge on any atom is 0.152 e. The second-order valence-electron chi connectivity index (χ2n) is 3.57. The molecule has 74 valence electrons. The summed E-state index contributed by atoms with van der Waals surface area (Å²) < 4.78 is 1.97. The molecule has 3 aromatic rings. The van der Waals surface area contributed by atoms with Gasteiger partial charge < -0.3 is 10.3 Å². The molecule has 2 N–H and O–H groups in total. The van der Waals surface area contributed by atoms with E-state index in [-0.39, 0.29) is 0 Å². The molecule has 0 aliphatic heterocycles. The molecule has 1 aromatic carbocycles. The predicted octanol–water partition coefficient (Wildman–Crippen LogP) is 1.70. The van der Waals surface area contributed by atoms with E-state index in [4.69, 9.17) is 5.73 Å². The van der Waals surface area contributed by atoms with Crippen LogP contribution in [0.3, 0.4) is 0 Å². The minimum absolute atomic E-state index is 0.490. The van der Waals surface area contributed by atoms with E-state index in [1.165, 1.54) is 0 Å². The maximum absolute atomic E-state index is 5.85. The number of nitrogen functional groups attached to an aromatic ring is 1. The first kappa shape index (κ1) is 8.23. The lowest BCUT2D eigenvalue weighted by atomic mass is 10.2. The van der Waals surface area contributed by atoms with Gasteiger partial charge in [0.2, 0.25) is 0 Å². The van der Waals surface area contributed by atoms with Gasteiger partial charge in [-0.15, -0.1) is 0 Å². The number of nitrogens with zero attached hydrogens (tertiary/aromatic N) is 3. The second-order valence-corrected chi connectivity index (χ2v) is 3.57. The molecule has 0 aliphatic carbocycles. The highest BCUT2D eigenvalue weighted by Gasteiger charge is 2.09. The molecule has 2 aromatic heterocycles. The van der Waals surface area contributed by atoms with E-state index in [0.717, 1.165) is 21.9 Å². The van der Waals surface area contributed by atoms with Gasteiger partial charge in [0.15, 0.2) is 5.82 Å². The van der Waals surface area contributed by atoms with Gasteiger partial charge in [-0.2, -0.15) is 0 Å². The van der Waals surface area contributed by atoms with Crippen LogP contribution in [0.15, 0.2) is 30.6 Å². The number of imidazole rings is 1. The van der Waals surface area contributed by atoms with E-state index < -0.39 is 0 Å². The van der Waals surface area contributed by atoms with Crippen molar-refractivity contribution in [2.75, 3.05) is 5.73 Å². The number of aromatic nitrogens is 3. The third-order valence-corrected chi connectivity index (χ3v) is 2.58. The molecule has 0 bridgehead atoms. The molecule has 0 unspecified atom stereocenters. The largest absolute Gasteiger partial charge is 0.382 e. The van der Waals surface area contributed by atoms with Gasteiger partial charge in [-0.25, -0.2) is 9.97 Å². The highest BCUT2D eigenvalue weighted by Crippen LogP contribution is 2.25. The van der Waals surface area contributed by atoms with Gasteiger partial charge in [-0.3, -0.25) is 0 Å². The summed E-state index contributed by atoms with van der Waals surface area (Å²) in [5, 5.41) is 1.08. The fraction of sp³-hybridized carbons (Fsp3) is 0.0909. The Morgan fingerprint density at radius 1 is 1.27 bits per heavy atom. The fourth-order valence-corrected chi connectivity index (χ4v) is 1.89. The Kier molecular flexibility index (Phi) is 1.48. The predicted molar refractivity (Wildman–Crippen MR) is 60.4 cm³/mol. The zero-order chi connectivity index (χ0) is 10.4. The van der Waals surface area contributed by atoms with Gasteiger partial charge in [-0.05, 0) is 6.07 Å². The molecule has 15 heavy (non-hydrogen) atoms. The number of para-hydroxylation sites is 1. The summed E-state index contributed by atoms with van der Waals surface area (Å²) in [4.78, 5) is 8.56. The monoisotopic (exact) mass is 198 g/mol. The number of hydrogen-bond donors (Lipinski definition) is 1. The quantitative estimate of drug-likeness (QED) is 0.598. The number of benzene rings is 1. The van der Waals surface area contributed by atoms with Crippen molar-refractivity contribution in [3.8, 4) is 0 Å². The molecular formula is C11H10N4. The zero-order valence-corrected chi connectivity index (χ0v) is 8.31. The first-order valence-electron chi connectivity index (χ1n) is 4.72. The topological polar surface area (TPSA) is 56.7 Å². The van der Waals surface area contributed by atoms with Gasteiger partial charge in [0.1, 0.15) is 5.52 Å². The second kappa shape index (κ2) is 2.70. The Balaban J connectivity index is 2.67. The third-order valence-electron chi connectivity index (χ3n) is 2.58. The smallest absolute Gasteiger partial charge is 0.152 e. The summed E-state index contributed by atoms with van der Waals surface area (Å²) in [6.45, 7) is 0. The summed E-state index contributed by atoms with van der Waals surface area (Å²) in [5.41, 5.74) is 8.57. The van der Waals surface area contributed by atoms with E-state index in [1.807, 2.05) is 35.9 Å². The SMILES string of the molecule is Cn1cnc2c(N)nc3ccccc3c21. The minimum Gasteiger partial charge on any atom is -0.382 e. The van der Waals surface area contributed by atoms with E-state index in [9.17, 15) is 0 Å². The first-order valence-corrected chi connectivity index (χ1v) is 4.72. The van der Waals surface area contributed by atoms with Crippen LogP contribution in [0.4, 0.5) is 5.82 Å². The number of anilines is 1. The van der Waals surface area contributed by atoms with Gasteiger partial charge in [-0.1, -0.05) is 18.2 Å². The summed E-state index contributed by atoms with van der Waals surface area (Å²) in [6, 6.07) is 7.94. The van der Waals surface area contributed by atoms with E-state index >= 15 is 0 Å².